The highest BCUT2D eigenvalue weighted by Gasteiger charge is 2.65. The largest absolute Gasteiger partial charge is 0.240 e. The summed E-state index contributed by atoms with van der Waals surface area (Å²) in [5.74, 6) is -1.03. The van der Waals surface area contributed by atoms with Crippen LogP contribution in [0.4, 0.5) is 8.78 Å². The van der Waals surface area contributed by atoms with Crippen LogP contribution in [0.3, 0.4) is 0 Å². The van der Waals surface area contributed by atoms with Crippen LogP contribution in [-0.2, 0) is 5.41 Å². The summed E-state index contributed by atoms with van der Waals surface area (Å²) >= 11 is 8.06. The van der Waals surface area contributed by atoms with Gasteiger partial charge in [-0.2, -0.15) is 5.10 Å². The second-order valence-electron chi connectivity index (χ2n) is 8.32. The van der Waals surface area contributed by atoms with Crippen molar-refractivity contribution in [2.24, 2.45) is 5.41 Å². The molecule has 2 atom stereocenters. The van der Waals surface area contributed by atoms with E-state index in [2.05, 4.69) is 29.0 Å². The topological polar surface area (TPSA) is 38.7 Å². The molecule has 2 aliphatic carbocycles. The fourth-order valence-electron chi connectivity index (χ4n) is 5.42. The number of hydrogen-bond donors (Lipinski definition) is 0. The molecule has 0 unspecified atom stereocenters. The fraction of sp³-hybridized carbons (Fsp3) is 0.318. The lowest BCUT2D eigenvalue weighted by atomic mass is 9.66. The summed E-state index contributed by atoms with van der Waals surface area (Å²) < 4.78 is 29.5. The first kappa shape index (κ1) is 19.3. The highest BCUT2D eigenvalue weighted by Crippen LogP contribution is 2.69. The summed E-state index contributed by atoms with van der Waals surface area (Å²) in [7, 11) is 0. The van der Waals surface area contributed by atoms with Crippen molar-refractivity contribution in [3.63, 3.8) is 0 Å². The summed E-state index contributed by atoms with van der Waals surface area (Å²) in [6.45, 7) is 4.42. The molecule has 2 aliphatic rings. The minimum Gasteiger partial charge on any atom is -0.240 e. The van der Waals surface area contributed by atoms with Crippen LogP contribution in [-0.4, -0.2) is 15.2 Å². The summed E-state index contributed by atoms with van der Waals surface area (Å²) in [5, 5.41) is 9.24. The van der Waals surface area contributed by atoms with Gasteiger partial charge in [-0.15, -0.1) is 5.10 Å². The predicted molar refractivity (Wildman–Crippen MR) is 116 cm³/mol. The summed E-state index contributed by atoms with van der Waals surface area (Å²) in [6.07, 6.45) is 1.85. The number of pyridine rings is 1. The monoisotopic (exact) mass is 523 g/mol. The lowest BCUT2D eigenvalue weighted by Gasteiger charge is -2.37. The molecule has 2 heterocycles. The number of nitrogens with zero attached hydrogens (tertiary/aromatic N) is 3. The van der Waals surface area contributed by atoms with Crippen molar-refractivity contribution in [3.8, 4) is 11.3 Å². The Hall–Kier alpha value is -1.67. The van der Waals surface area contributed by atoms with E-state index in [9.17, 15) is 8.78 Å². The van der Waals surface area contributed by atoms with Crippen molar-refractivity contribution < 1.29 is 8.78 Å². The Kier molecular flexibility index (Phi) is 4.27. The van der Waals surface area contributed by atoms with Gasteiger partial charge in [0.05, 0.1) is 28.1 Å². The van der Waals surface area contributed by atoms with Gasteiger partial charge in [-0.3, -0.25) is 0 Å². The molecule has 29 heavy (non-hydrogen) atoms. The SMILES string of the molecule is CC1(C)[C@H]2CC[C@@]1(c1cccc(Cl)n1)c1nnc(-c3c(F)ccc(I)c3F)cc12. The van der Waals surface area contributed by atoms with Crippen molar-refractivity contribution in [1.82, 2.24) is 15.2 Å². The molecular weight excluding hydrogens is 507 g/mol. The molecule has 2 aromatic heterocycles. The Morgan fingerprint density at radius 3 is 2.69 bits per heavy atom. The zero-order valence-corrected chi connectivity index (χ0v) is 18.7. The van der Waals surface area contributed by atoms with Crippen LogP contribution in [0, 0.1) is 20.6 Å². The van der Waals surface area contributed by atoms with Gasteiger partial charge in [0.15, 0.2) is 0 Å². The van der Waals surface area contributed by atoms with Crippen molar-refractivity contribution in [3.05, 3.63) is 73.7 Å². The molecule has 7 heteroatoms. The van der Waals surface area contributed by atoms with E-state index in [1.54, 1.807) is 6.07 Å². The molecule has 1 saturated carbocycles. The van der Waals surface area contributed by atoms with E-state index in [-0.39, 0.29) is 22.6 Å². The van der Waals surface area contributed by atoms with E-state index in [4.69, 9.17) is 11.6 Å². The van der Waals surface area contributed by atoms with Crippen LogP contribution in [0.5, 0.6) is 0 Å². The van der Waals surface area contributed by atoms with Crippen molar-refractivity contribution >= 4 is 34.2 Å². The minimum absolute atomic E-state index is 0.122. The quantitative estimate of drug-likeness (QED) is 0.225. The van der Waals surface area contributed by atoms with E-state index >= 15 is 0 Å². The Balaban J connectivity index is 1.74. The van der Waals surface area contributed by atoms with Crippen molar-refractivity contribution in [1.29, 1.82) is 0 Å². The molecular formula is C22H17ClF2IN3. The Morgan fingerprint density at radius 1 is 1.14 bits per heavy atom. The van der Waals surface area contributed by atoms with Crippen molar-refractivity contribution in [2.75, 3.05) is 0 Å². The molecule has 0 N–H and O–H groups in total. The number of hydrogen-bond acceptors (Lipinski definition) is 3. The van der Waals surface area contributed by atoms with Gasteiger partial charge in [-0.25, -0.2) is 13.8 Å². The van der Waals surface area contributed by atoms with E-state index in [1.165, 1.54) is 12.1 Å². The first-order chi connectivity index (χ1) is 13.8. The molecule has 148 valence electrons. The van der Waals surface area contributed by atoms with E-state index < -0.39 is 17.0 Å². The number of aromatic nitrogens is 3. The zero-order chi connectivity index (χ0) is 20.6. The highest BCUT2D eigenvalue weighted by molar-refractivity contribution is 14.1. The average molecular weight is 524 g/mol. The van der Waals surface area contributed by atoms with Crippen LogP contribution in [0.25, 0.3) is 11.3 Å². The molecule has 0 radical (unpaired) electrons. The van der Waals surface area contributed by atoms with Crippen LogP contribution in [0.15, 0.2) is 36.4 Å². The van der Waals surface area contributed by atoms with E-state index in [0.29, 0.717) is 8.72 Å². The minimum atomic E-state index is -0.634. The van der Waals surface area contributed by atoms with Gasteiger partial charge in [-0.1, -0.05) is 31.5 Å². The molecule has 5 rings (SSSR count). The molecule has 0 saturated heterocycles. The molecule has 3 aromatic rings. The predicted octanol–water partition coefficient (Wildman–Crippen LogP) is 6.28. The number of halogens is 4. The van der Waals surface area contributed by atoms with Gasteiger partial charge >= 0.3 is 0 Å². The standard InChI is InChI=1S/C22H17ClF2IN3/c1-21(2)12-8-9-22(21,16-4-3-5-17(23)27-16)20-11(12)10-15(28-29-20)18-13(24)6-7-14(26)19(18)25/h3-7,10,12H,8-9H2,1-2H3/t12-,22+/m0/s1. The van der Waals surface area contributed by atoms with E-state index in [1.807, 2.05) is 40.8 Å². The van der Waals surface area contributed by atoms with Crippen LogP contribution >= 0.6 is 34.2 Å². The van der Waals surface area contributed by atoms with Crippen LogP contribution in [0.2, 0.25) is 5.15 Å². The molecule has 0 spiro atoms. The Bertz CT molecular complexity index is 1170. The highest BCUT2D eigenvalue weighted by atomic mass is 127. The Morgan fingerprint density at radius 2 is 1.93 bits per heavy atom. The maximum Gasteiger partial charge on any atom is 0.148 e. The smallest absolute Gasteiger partial charge is 0.148 e. The normalized spacial score (nSPS) is 24.0. The van der Waals surface area contributed by atoms with Gasteiger partial charge in [0, 0.05) is 3.57 Å². The van der Waals surface area contributed by atoms with Gasteiger partial charge in [0.1, 0.15) is 16.8 Å². The van der Waals surface area contributed by atoms with Gasteiger partial charge < -0.3 is 0 Å². The maximum atomic E-state index is 14.7. The maximum absolute atomic E-state index is 14.7. The molecule has 1 fully saturated rings. The third kappa shape index (κ3) is 2.48. The van der Waals surface area contributed by atoms with Crippen LogP contribution in [0.1, 0.15) is 49.6 Å². The van der Waals surface area contributed by atoms with Crippen LogP contribution < -0.4 is 0 Å². The summed E-state index contributed by atoms with van der Waals surface area (Å²) in [6, 6.07) is 10.1. The van der Waals surface area contributed by atoms with Gasteiger partial charge in [0.2, 0.25) is 0 Å². The number of fused-ring (bicyclic) bond motifs is 5. The molecule has 2 bridgehead atoms. The molecule has 3 nitrogen and oxygen atoms in total. The lowest BCUT2D eigenvalue weighted by molar-refractivity contribution is 0.243. The Labute approximate surface area is 186 Å². The van der Waals surface area contributed by atoms with E-state index in [0.717, 1.165) is 29.8 Å². The third-order valence-corrected chi connectivity index (χ3v) is 7.88. The molecule has 1 aromatic carbocycles. The van der Waals surface area contributed by atoms with Gasteiger partial charge in [-0.05, 0) is 82.7 Å². The first-order valence-corrected chi connectivity index (χ1v) is 10.9. The third-order valence-electron chi connectivity index (χ3n) is 6.83. The second kappa shape index (κ2) is 6.41. The summed E-state index contributed by atoms with van der Waals surface area (Å²) in [4.78, 5) is 4.62. The van der Waals surface area contributed by atoms with Gasteiger partial charge in [0.25, 0.3) is 0 Å². The first-order valence-electron chi connectivity index (χ1n) is 9.42. The summed E-state index contributed by atoms with van der Waals surface area (Å²) in [5.41, 5.74) is 2.27. The lowest BCUT2D eigenvalue weighted by Crippen LogP contribution is -2.37. The molecule has 0 amide bonds. The second-order valence-corrected chi connectivity index (χ2v) is 9.86. The average Bonchev–Trinajstić information content (AvgIpc) is 3.07. The molecule has 0 aliphatic heterocycles. The van der Waals surface area contributed by atoms with Crippen molar-refractivity contribution in [2.45, 2.75) is 38.0 Å². The number of rotatable bonds is 2. The zero-order valence-electron chi connectivity index (χ0n) is 15.8. The number of benzene rings is 1. The fourth-order valence-corrected chi connectivity index (χ4v) is 6.04.